The van der Waals surface area contributed by atoms with E-state index in [4.69, 9.17) is 9.47 Å². The van der Waals surface area contributed by atoms with Gasteiger partial charge in [-0.05, 0) is 47.9 Å². The molecule has 2 aromatic carbocycles. The molecule has 0 radical (unpaired) electrons. The molecule has 0 bridgehead atoms. The van der Waals surface area contributed by atoms with Crippen molar-refractivity contribution >= 4 is 0 Å². The van der Waals surface area contributed by atoms with Gasteiger partial charge in [0.25, 0.3) is 0 Å². The fourth-order valence-corrected chi connectivity index (χ4v) is 2.99. The third-order valence-electron chi connectivity index (χ3n) is 4.34. The zero-order valence-electron chi connectivity index (χ0n) is 13.8. The summed E-state index contributed by atoms with van der Waals surface area (Å²) in [5.74, 6) is 1.88. The SMILES string of the molecule is COCCCC(c1ccccc1)C(C)c1ccc(OC)cc1. The summed E-state index contributed by atoms with van der Waals surface area (Å²) in [6.45, 7) is 3.13. The molecule has 2 aromatic rings. The van der Waals surface area contributed by atoms with Gasteiger partial charge in [0.15, 0.2) is 0 Å². The Balaban J connectivity index is 2.18. The van der Waals surface area contributed by atoms with Crippen LogP contribution in [0, 0.1) is 0 Å². The molecular formula is C20H26O2. The summed E-state index contributed by atoms with van der Waals surface area (Å²) in [7, 11) is 3.47. The van der Waals surface area contributed by atoms with Gasteiger partial charge in [0.05, 0.1) is 7.11 Å². The van der Waals surface area contributed by atoms with Crippen LogP contribution in [0.2, 0.25) is 0 Å². The first-order chi connectivity index (χ1) is 10.8. The van der Waals surface area contributed by atoms with Gasteiger partial charge in [-0.15, -0.1) is 0 Å². The Labute approximate surface area is 134 Å². The molecule has 0 aromatic heterocycles. The van der Waals surface area contributed by atoms with Crippen LogP contribution >= 0.6 is 0 Å². The van der Waals surface area contributed by atoms with E-state index in [0.717, 1.165) is 25.2 Å². The second-order valence-corrected chi connectivity index (χ2v) is 5.71. The highest BCUT2D eigenvalue weighted by Crippen LogP contribution is 2.36. The second kappa shape index (κ2) is 8.60. The predicted octanol–water partition coefficient (Wildman–Crippen LogP) is 5.01. The summed E-state index contributed by atoms with van der Waals surface area (Å²) in [6, 6.07) is 19.2. The lowest BCUT2D eigenvalue weighted by molar-refractivity contribution is 0.189. The number of ether oxygens (including phenoxy) is 2. The van der Waals surface area contributed by atoms with Crippen LogP contribution < -0.4 is 4.74 Å². The van der Waals surface area contributed by atoms with Gasteiger partial charge in [0.1, 0.15) is 5.75 Å². The first-order valence-electron chi connectivity index (χ1n) is 7.94. The molecule has 0 spiro atoms. The van der Waals surface area contributed by atoms with E-state index in [2.05, 4.69) is 49.4 Å². The Kier molecular flexibility index (Phi) is 6.47. The van der Waals surface area contributed by atoms with Gasteiger partial charge in [-0.2, -0.15) is 0 Å². The largest absolute Gasteiger partial charge is 0.497 e. The van der Waals surface area contributed by atoms with Gasteiger partial charge in [-0.1, -0.05) is 49.4 Å². The summed E-state index contributed by atoms with van der Waals surface area (Å²) < 4.78 is 10.5. The van der Waals surface area contributed by atoms with E-state index in [1.165, 1.54) is 11.1 Å². The highest BCUT2D eigenvalue weighted by Gasteiger charge is 2.20. The van der Waals surface area contributed by atoms with Crippen molar-refractivity contribution in [1.82, 2.24) is 0 Å². The Morgan fingerprint density at radius 2 is 1.55 bits per heavy atom. The minimum atomic E-state index is 0.463. The van der Waals surface area contributed by atoms with Crippen LogP contribution in [0.25, 0.3) is 0 Å². The summed E-state index contributed by atoms with van der Waals surface area (Å²) in [6.07, 6.45) is 2.21. The highest BCUT2D eigenvalue weighted by atomic mass is 16.5. The average molecular weight is 298 g/mol. The number of hydrogen-bond donors (Lipinski definition) is 0. The quantitative estimate of drug-likeness (QED) is 0.638. The maximum atomic E-state index is 5.26. The molecule has 118 valence electrons. The number of benzene rings is 2. The third-order valence-corrected chi connectivity index (χ3v) is 4.34. The predicted molar refractivity (Wildman–Crippen MR) is 91.7 cm³/mol. The minimum Gasteiger partial charge on any atom is -0.497 e. The fourth-order valence-electron chi connectivity index (χ4n) is 2.99. The maximum Gasteiger partial charge on any atom is 0.118 e. The lowest BCUT2D eigenvalue weighted by Crippen LogP contribution is -2.10. The van der Waals surface area contributed by atoms with Crippen molar-refractivity contribution in [3.05, 3.63) is 65.7 Å². The van der Waals surface area contributed by atoms with Gasteiger partial charge in [0, 0.05) is 13.7 Å². The first kappa shape index (κ1) is 16.6. The number of hydrogen-bond acceptors (Lipinski definition) is 2. The molecule has 0 saturated heterocycles. The normalized spacial score (nSPS) is 13.6. The van der Waals surface area contributed by atoms with Crippen molar-refractivity contribution in [2.45, 2.75) is 31.6 Å². The van der Waals surface area contributed by atoms with Crippen LogP contribution in [0.15, 0.2) is 54.6 Å². The molecule has 22 heavy (non-hydrogen) atoms. The van der Waals surface area contributed by atoms with E-state index in [1.807, 2.05) is 12.1 Å². The molecule has 2 heteroatoms. The van der Waals surface area contributed by atoms with Crippen LogP contribution in [0.5, 0.6) is 5.75 Å². The molecule has 0 heterocycles. The topological polar surface area (TPSA) is 18.5 Å². The summed E-state index contributed by atoms with van der Waals surface area (Å²) in [5.41, 5.74) is 2.76. The summed E-state index contributed by atoms with van der Waals surface area (Å²) >= 11 is 0. The fraction of sp³-hybridized carbons (Fsp3) is 0.400. The summed E-state index contributed by atoms with van der Waals surface area (Å²) in [4.78, 5) is 0. The van der Waals surface area contributed by atoms with E-state index in [-0.39, 0.29) is 0 Å². The Morgan fingerprint density at radius 1 is 0.864 bits per heavy atom. The Bertz CT molecular complexity index is 533. The summed E-state index contributed by atoms with van der Waals surface area (Å²) in [5, 5.41) is 0. The molecule has 0 amide bonds. The van der Waals surface area contributed by atoms with E-state index in [1.54, 1.807) is 14.2 Å². The highest BCUT2D eigenvalue weighted by molar-refractivity contribution is 5.32. The zero-order valence-corrected chi connectivity index (χ0v) is 13.8. The van der Waals surface area contributed by atoms with E-state index in [9.17, 15) is 0 Å². The van der Waals surface area contributed by atoms with Crippen molar-refractivity contribution in [3.8, 4) is 5.75 Å². The molecular weight excluding hydrogens is 272 g/mol. The monoisotopic (exact) mass is 298 g/mol. The lowest BCUT2D eigenvalue weighted by Gasteiger charge is -2.25. The van der Waals surface area contributed by atoms with E-state index >= 15 is 0 Å². The molecule has 2 rings (SSSR count). The van der Waals surface area contributed by atoms with Crippen LogP contribution in [-0.2, 0) is 4.74 Å². The standard InChI is InChI=1S/C20H26O2/c1-16(17-11-13-19(22-3)14-12-17)20(10-7-15-21-2)18-8-5-4-6-9-18/h4-6,8-9,11-14,16,20H,7,10,15H2,1-3H3. The first-order valence-corrected chi connectivity index (χ1v) is 7.94. The number of rotatable bonds is 8. The van der Waals surface area contributed by atoms with Gasteiger partial charge in [0.2, 0.25) is 0 Å². The molecule has 0 aliphatic rings. The number of methoxy groups -OCH3 is 2. The van der Waals surface area contributed by atoms with E-state index in [0.29, 0.717) is 11.8 Å². The smallest absolute Gasteiger partial charge is 0.118 e. The van der Waals surface area contributed by atoms with Crippen LogP contribution in [0.3, 0.4) is 0 Å². The lowest BCUT2D eigenvalue weighted by atomic mass is 9.80. The third kappa shape index (κ3) is 4.35. The van der Waals surface area contributed by atoms with E-state index < -0.39 is 0 Å². The molecule has 0 fully saturated rings. The van der Waals surface area contributed by atoms with Crippen molar-refractivity contribution < 1.29 is 9.47 Å². The maximum absolute atomic E-state index is 5.26. The van der Waals surface area contributed by atoms with Crippen molar-refractivity contribution in [2.24, 2.45) is 0 Å². The van der Waals surface area contributed by atoms with Gasteiger partial charge < -0.3 is 9.47 Å². The minimum absolute atomic E-state index is 0.463. The molecule has 0 N–H and O–H groups in total. The molecule has 0 aliphatic carbocycles. The van der Waals surface area contributed by atoms with Crippen LogP contribution in [0.4, 0.5) is 0 Å². The van der Waals surface area contributed by atoms with Gasteiger partial charge in [-0.25, -0.2) is 0 Å². The molecule has 0 aliphatic heterocycles. The van der Waals surface area contributed by atoms with Crippen molar-refractivity contribution in [2.75, 3.05) is 20.8 Å². The van der Waals surface area contributed by atoms with Crippen LogP contribution in [0.1, 0.15) is 42.7 Å². The Hall–Kier alpha value is -1.80. The molecule has 2 atom stereocenters. The molecule has 0 saturated carbocycles. The van der Waals surface area contributed by atoms with Gasteiger partial charge >= 0.3 is 0 Å². The molecule has 2 unspecified atom stereocenters. The zero-order chi connectivity index (χ0) is 15.8. The Morgan fingerprint density at radius 3 is 2.14 bits per heavy atom. The second-order valence-electron chi connectivity index (χ2n) is 5.71. The average Bonchev–Trinajstić information content (AvgIpc) is 2.59. The van der Waals surface area contributed by atoms with Crippen molar-refractivity contribution in [1.29, 1.82) is 0 Å². The van der Waals surface area contributed by atoms with Gasteiger partial charge in [-0.3, -0.25) is 0 Å². The van der Waals surface area contributed by atoms with Crippen LogP contribution in [-0.4, -0.2) is 20.8 Å². The van der Waals surface area contributed by atoms with Crippen molar-refractivity contribution in [3.63, 3.8) is 0 Å². The molecule has 2 nitrogen and oxygen atoms in total.